The highest BCUT2D eigenvalue weighted by Crippen LogP contribution is 2.22. The second kappa shape index (κ2) is 4.47. The lowest BCUT2D eigenvalue weighted by Crippen LogP contribution is -2.11. The van der Waals surface area contributed by atoms with Gasteiger partial charge in [-0.15, -0.1) is 0 Å². The molecule has 0 amide bonds. The van der Waals surface area contributed by atoms with Crippen molar-refractivity contribution in [1.29, 1.82) is 0 Å². The summed E-state index contributed by atoms with van der Waals surface area (Å²) >= 11 is 0. The van der Waals surface area contributed by atoms with E-state index in [1.165, 1.54) is 13.0 Å². The summed E-state index contributed by atoms with van der Waals surface area (Å²) in [6, 6.07) is 3.63. The Morgan fingerprint density at radius 1 is 1.38 bits per heavy atom. The minimum Gasteiger partial charge on any atom is -0.506 e. The van der Waals surface area contributed by atoms with E-state index >= 15 is 0 Å². The fourth-order valence-corrected chi connectivity index (χ4v) is 1.26. The minimum atomic E-state index is -0.195. The van der Waals surface area contributed by atoms with Crippen LogP contribution in [0.4, 0.5) is 0 Å². The molecule has 0 atom stereocenters. The fraction of sp³-hybridized carbons (Fsp3) is 0.385. The van der Waals surface area contributed by atoms with E-state index in [-0.39, 0.29) is 17.0 Å². The van der Waals surface area contributed by atoms with Gasteiger partial charge in [0.15, 0.2) is 5.78 Å². The van der Waals surface area contributed by atoms with Crippen LogP contribution in [-0.4, -0.2) is 15.9 Å². The molecule has 0 spiro atoms. The molecule has 0 aliphatic rings. The molecule has 3 heteroatoms. The largest absolute Gasteiger partial charge is 0.506 e. The summed E-state index contributed by atoms with van der Waals surface area (Å²) in [4.78, 5) is 14.9. The van der Waals surface area contributed by atoms with E-state index in [9.17, 15) is 9.90 Å². The number of carbonyl (C=O) groups is 1. The molecule has 1 rings (SSSR count). The number of aromatic nitrogens is 1. The second-order valence-electron chi connectivity index (χ2n) is 4.82. The van der Waals surface area contributed by atoms with Crippen LogP contribution in [-0.2, 0) is 10.2 Å². The summed E-state index contributed by atoms with van der Waals surface area (Å²) in [6.07, 6.45) is 2.89. The monoisotopic (exact) mass is 219 g/mol. The van der Waals surface area contributed by atoms with Gasteiger partial charge in [0.1, 0.15) is 11.5 Å². The molecule has 1 aromatic heterocycles. The molecule has 0 aliphatic heterocycles. The summed E-state index contributed by atoms with van der Waals surface area (Å²) in [6.45, 7) is 7.67. The predicted molar refractivity (Wildman–Crippen MR) is 64.2 cm³/mol. The van der Waals surface area contributed by atoms with Gasteiger partial charge in [-0.1, -0.05) is 26.8 Å². The molecule has 86 valence electrons. The number of hydrogen-bond donors (Lipinski definition) is 1. The molecule has 0 aromatic carbocycles. The van der Waals surface area contributed by atoms with Crippen LogP contribution in [0.2, 0.25) is 0 Å². The Labute approximate surface area is 95.8 Å². The first kappa shape index (κ1) is 12.4. The molecule has 0 aliphatic carbocycles. The minimum absolute atomic E-state index is 0.0332. The Balaban J connectivity index is 3.00. The SMILES string of the molecule is CC(=O)C=C(O)c1ccc(C(C)(C)C)cn1. The molecule has 0 bridgehead atoms. The lowest BCUT2D eigenvalue weighted by molar-refractivity contribution is -0.112. The van der Waals surface area contributed by atoms with Gasteiger partial charge in [-0.2, -0.15) is 0 Å². The summed E-state index contributed by atoms with van der Waals surface area (Å²) in [5.41, 5.74) is 1.54. The number of aliphatic hydroxyl groups is 1. The van der Waals surface area contributed by atoms with Crippen molar-refractivity contribution in [2.75, 3.05) is 0 Å². The van der Waals surface area contributed by atoms with Crippen molar-refractivity contribution in [1.82, 2.24) is 4.98 Å². The van der Waals surface area contributed by atoms with Crippen LogP contribution < -0.4 is 0 Å². The van der Waals surface area contributed by atoms with Gasteiger partial charge in [-0.25, -0.2) is 0 Å². The van der Waals surface area contributed by atoms with Crippen molar-refractivity contribution in [3.63, 3.8) is 0 Å². The lowest BCUT2D eigenvalue weighted by Gasteiger charge is -2.18. The van der Waals surface area contributed by atoms with Crippen molar-refractivity contribution in [3.8, 4) is 0 Å². The molecule has 1 aromatic rings. The zero-order chi connectivity index (χ0) is 12.3. The third-order valence-electron chi connectivity index (χ3n) is 2.23. The van der Waals surface area contributed by atoms with Crippen LogP contribution in [0.1, 0.15) is 39.0 Å². The molecule has 3 nitrogen and oxygen atoms in total. The number of hydrogen-bond acceptors (Lipinski definition) is 3. The first-order valence-corrected chi connectivity index (χ1v) is 5.19. The molecule has 0 unspecified atom stereocenters. The Kier molecular flexibility index (Phi) is 3.48. The summed E-state index contributed by atoms with van der Waals surface area (Å²) in [7, 11) is 0. The normalized spacial score (nSPS) is 12.6. The Hall–Kier alpha value is -1.64. The average Bonchev–Trinajstić information content (AvgIpc) is 2.15. The Morgan fingerprint density at radius 3 is 2.38 bits per heavy atom. The van der Waals surface area contributed by atoms with Crippen molar-refractivity contribution >= 4 is 11.5 Å². The van der Waals surface area contributed by atoms with Crippen molar-refractivity contribution in [3.05, 3.63) is 35.7 Å². The van der Waals surface area contributed by atoms with Gasteiger partial charge in [0, 0.05) is 12.3 Å². The number of pyridine rings is 1. The highest BCUT2D eigenvalue weighted by molar-refractivity contribution is 5.93. The summed E-state index contributed by atoms with van der Waals surface area (Å²) in [5.74, 6) is -0.285. The zero-order valence-electron chi connectivity index (χ0n) is 10.1. The smallest absolute Gasteiger partial charge is 0.156 e. The highest BCUT2D eigenvalue weighted by atomic mass is 16.3. The van der Waals surface area contributed by atoms with E-state index in [0.29, 0.717) is 5.69 Å². The first-order valence-electron chi connectivity index (χ1n) is 5.19. The van der Waals surface area contributed by atoms with Gasteiger partial charge in [-0.05, 0) is 24.0 Å². The first-order chi connectivity index (χ1) is 7.30. The lowest BCUT2D eigenvalue weighted by atomic mass is 9.88. The van der Waals surface area contributed by atoms with E-state index < -0.39 is 0 Å². The third kappa shape index (κ3) is 3.19. The summed E-state index contributed by atoms with van der Waals surface area (Å²) in [5, 5.41) is 9.56. The molecule has 16 heavy (non-hydrogen) atoms. The van der Waals surface area contributed by atoms with Gasteiger partial charge in [0.25, 0.3) is 0 Å². The van der Waals surface area contributed by atoms with E-state index in [2.05, 4.69) is 25.8 Å². The van der Waals surface area contributed by atoms with Gasteiger partial charge in [0.2, 0.25) is 0 Å². The second-order valence-corrected chi connectivity index (χ2v) is 4.82. The number of aliphatic hydroxyl groups excluding tert-OH is 1. The number of rotatable bonds is 2. The third-order valence-corrected chi connectivity index (χ3v) is 2.23. The number of carbonyl (C=O) groups excluding carboxylic acids is 1. The van der Waals surface area contributed by atoms with Crippen LogP contribution in [0, 0.1) is 0 Å². The van der Waals surface area contributed by atoms with E-state index in [0.717, 1.165) is 5.56 Å². The number of nitrogens with zero attached hydrogens (tertiary/aromatic N) is 1. The van der Waals surface area contributed by atoms with E-state index in [4.69, 9.17) is 0 Å². The zero-order valence-corrected chi connectivity index (χ0v) is 10.1. The number of ketones is 1. The molecular weight excluding hydrogens is 202 g/mol. The van der Waals surface area contributed by atoms with E-state index in [1.807, 2.05) is 6.07 Å². The van der Waals surface area contributed by atoms with Gasteiger partial charge in [0.05, 0.1) is 0 Å². The Bertz CT molecular complexity index is 411. The van der Waals surface area contributed by atoms with Crippen molar-refractivity contribution in [2.45, 2.75) is 33.1 Å². The Morgan fingerprint density at radius 2 is 2.00 bits per heavy atom. The van der Waals surface area contributed by atoms with Crippen LogP contribution >= 0.6 is 0 Å². The van der Waals surface area contributed by atoms with E-state index in [1.54, 1.807) is 12.3 Å². The molecule has 0 saturated heterocycles. The maximum Gasteiger partial charge on any atom is 0.156 e. The van der Waals surface area contributed by atoms with Crippen LogP contribution in [0.25, 0.3) is 5.76 Å². The number of allylic oxidation sites excluding steroid dienone is 1. The molecule has 0 radical (unpaired) electrons. The van der Waals surface area contributed by atoms with Crippen LogP contribution in [0.3, 0.4) is 0 Å². The van der Waals surface area contributed by atoms with Crippen LogP contribution in [0.5, 0.6) is 0 Å². The molecule has 0 saturated carbocycles. The average molecular weight is 219 g/mol. The topological polar surface area (TPSA) is 50.2 Å². The van der Waals surface area contributed by atoms with Crippen LogP contribution in [0.15, 0.2) is 24.4 Å². The molecule has 1 N–H and O–H groups in total. The molecular formula is C13H17NO2. The van der Waals surface area contributed by atoms with Crippen molar-refractivity contribution < 1.29 is 9.90 Å². The standard InChI is InChI=1S/C13H17NO2/c1-9(15)7-12(16)11-6-5-10(8-14-11)13(2,3)4/h5-8,16H,1-4H3. The fourth-order valence-electron chi connectivity index (χ4n) is 1.26. The van der Waals surface area contributed by atoms with Gasteiger partial charge < -0.3 is 5.11 Å². The molecule has 1 heterocycles. The molecule has 0 fully saturated rings. The summed E-state index contributed by atoms with van der Waals surface area (Å²) < 4.78 is 0. The van der Waals surface area contributed by atoms with Crippen molar-refractivity contribution in [2.24, 2.45) is 0 Å². The predicted octanol–water partition coefficient (Wildman–Crippen LogP) is 2.87. The maximum atomic E-state index is 10.8. The van der Waals surface area contributed by atoms with Gasteiger partial charge >= 0.3 is 0 Å². The quantitative estimate of drug-likeness (QED) is 0.614. The maximum absolute atomic E-state index is 10.8. The highest BCUT2D eigenvalue weighted by Gasteiger charge is 2.14. The van der Waals surface area contributed by atoms with Gasteiger partial charge in [-0.3, -0.25) is 9.78 Å².